The minimum Gasteiger partial charge on any atom is -0.316 e. The Morgan fingerprint density at radius 3 is 2.50 bits per heavy atom. The van der Waals surface area contributed by atoms with Gasteiger partial charge < -0.3 is 10.2 Å². The Hall–Kier alpha value is -0.0800. The van der Waals surface area contributed by atoms with Crippen LogP contribution >= 0.6 is 0 Å². The first-order valence-corrected chi connectivity index (χ1v) is 6.17. The number of hydrogen-bond donors (Lipinski definition) is 1. The second kappa shape index (κ2) is 4.63. The molecule has 14 heavy (non-hydrogen) atoms. The fraction of sp³-hybridized carbons (Fsp3) is 1.00. The molecule has 0 amide bonds. The normalized spacial score (nSPS) is 35.6. The predicted molar refractivity (Wildman–Crippen MR) is 60.4 cm³/mol. The lowest BCUT2D eigenvalue weighted by Gasteiger charge is -2.42. The molecule has 2 fully saturated rings. The van der Waals surface area contributed by atoms with Crippen molar-refractivity contribution in [3.05, 3.63) is 0 Å². The van der Waals surface area contributed by atoms with Crippen LogP contribution in [0.15, 0.2) is 0 Å². The van der Waals surface area contributed by atoms with Gasteiger partial charge in [0.15, 0.2) is 0 Å². The lowest BCUT2D eigenvalue weighted by molar-refractivity contribution is 0.0806. The average Bonchev–Trinajstić information content (AvgIpc) is 2.17. The number of hydrogen-bond acceptors (Lipinski definition) is 2. The molecule has 1 aliphatic carbocycles. The van der Waals surface area contributed by atoms with E-state index >= 15 is 0 Å². The van der Waals surface area contributed by atoms with Crippen LogP contribution in [-0.4, -0.2) is 37.6 Å². The van der Waals surface area contributed by atoms with Gasteiger partial charge in [-0.25, -0.2) is 0 Å². The maximum Gasteiger partial charge on any atom is 0.0163 e. The van der Waals surface area contributed by atoms with Gasteiger partial charge in [0.25, 0.3) is 0 Å². The van der Waals surface area contributed by atoms with Gasteiger partial charge in [0, 0.05) is 25.7 Å². The van der Waals surface area contributed by atoms with E-state index in [-0.39, 0.29) is 0 Å². The molecule has 1 N–H and O–H groups in total. The lowest BCUT2D eigenvalue weighted by atomic mass is 9.78. The summed E-state index contributed by atoms with van der Waals surface area (Å²) in [6.45, 7) is 6.25. The number of piperidine rings is 1. The van der Waals surface area contributed by atoms with Crippen molar-refractivity contribution in [1.29, 1.82) is 0 Å². The highest BCUT2D eigenvalue weighted by molar-refractivity contribution is 4.84. The van der Waals surface area contributed by atoms with Gasteiger partial charge in [-0.3, -0.25) is 0 Å². The van der Waals surface area contributed by atoms with Gasteiger partial charge in [-0.15, -0.1) is 0 Å². The molecule has 0 aromatic heterocycles. The number of rotatable bonds is 3. The van der Waals surface area contributed by atoms with Gasteiger partial charge in [-0.1, -0.05) is 6.42 Å². The molecular weight excluding hydrogens is 172 g/mol. The van der Waals surface area contributed by atoms with Crippen LogP contribution in [0.2, 0.25) is 0 Å². The Morgan fingerprint density at radius 2 is 1.93 bits per heavy atom. The molecular formula is C12H24N2. The smallest absolute Gasteiger partial charge is 0.0163 e. The van der Waals surface area contributed by atoms with E-state index in [0.717, 1.165) is 11.8 Å². The van der Waals surface area contributed by atoms with Crippen molar-refractivity contribution in [2.75, 3.05) is 26.7 Å². The van der Waals surface area contributed by atoms with Crippen molar-refractivity contribution in [1.82, 2.24) is 10.2 Å². The molecule has 1 saturated carbocycles. The van der Waals surface area contributed by atoms with Crippen LogP contribution in [0.5, 0.6) is 0 Å². The summed E-state index contributed by atoms with van der Waals surface area (Å²) in [5.41, 5.74) is 0. The molecule has 0 spiro atoms. The summed E-state index contributed by atoms with van der Waals surface area (Å²) in [5, 5.41) is 3.34. The number of nitrogens with one attached hydrogen (secondary N) is 1. The third-order valence-corrected chi connectivity index (χ3v) is 3.95. The van der Waals surface area contributed by atoms with E-state index in [2.05, 4.69) is 24.2 Å². The monoisotopic (exact) mass is 196 g/mol. The Balaban J connectivity index is 1.83. The Morgan fingerprint density at radius 1 is 1.29 bits per heavy atom. The summed E-state index contributed by atoms with van der Waals surface area (Å²) in [6, 6.07) is 0.647. The van der Waals surface area contributed by atoms with Crippen LogP contribution in [0.4, 0.5) is 0 Å². The standard InChI is InChI=1S/C12H24N2/c1-10(13-2)7-14-8-11-4-3-5-12(6-11)9-14/h10-13H,3-9H2,1-2H3/t10-,11?,12?/m0/s1. The molecule has 1 heterocycles. The van der Waals surface area contributed by atoms with Crippen LogP contribution in [0.3, 0.4) is 0 Å². The lowest BCUT2D eigenvalue weighted by Crippen LogP contribution is -2.47. The molecule has 3 atom stereocenters. The first-order valence-electron chi connectivity index (χ1n) is 6.17. The summed E-state index contributed by atoms with van der Waals surface area (Å²) in [7, 11) is 2.06. The molecule has 1 aliphatic heterocycles. The second-order valence-corrected chi connectivity index (χ2v) is 5.31. The summed E-state index contributed by atoms with van der Waals surface area (Å²) in [4.78, 5) is 2.68. The zero-order valence-corrected chi connectivity index (χ0v) is 9.63. The van der Waals surface area contributed by atoms with Crippen LogP contribution in [0, 0.1) is 11.8 Å². The predicted octanol–water partition coefficient (Wildman–Crippen LogP) is 1.72. The highest BCUT2D eigenvalue weighted by atomic mass is 15.2. The molecule has 1 saturated heterocycles. The third kappa shape index (κ3) is 2.48. The van der Waals surface area contributed by atoms with Gasteiger partial charge in [-0.05, 0) is 45.1 Å². The minimum absolute atomic E-state index is 0.647. The molecule has 82 valence electrons. The molecule has 0 aromatic carbocycles. The van der Waals surface area contributed by atoms with Gasteiger partial charge >= 0.3 is 0 Å². The van der Waals surface area contributed by atoms with E-state index in [1.165, 1.54) is 45.3 Å². The molecule has 0 aromatic rings. The molecule has 2 heteroatoms. The summed E-state index contributed by atoms with van der Waals surface area (Å²) < 4.78 is 0. The zero-order chi connectivity index (χ0) is 9.97. The van der Waals surface area contributed by atoms with Gasteiger partial charge in [0.1, 0.15) is 0 Å². The molecule has 2 bridgehead atoms. The SMILES string of the molecule is CN[C@@H](C)CN1CC2CCCC(C2)C1. The van der Waals surface area contributed by atoms with Crippen LogP contribution in [0.1, 0.15) is 32.6 Å². The number of fused-ring (bicyclic) bond motifs is 2. The van der Waals surface area contributed by atoms with Crippen molar-refractivity contribution in [2.24, 2.45) is 11.8 Å². The number of nitrogens with zero attached hydrogens (tertiary/aromatic N) is 1. The quantitative estimate of drug-likeness (QED) is 0.739. The number of likely N-dealkylation sites (tertiary alicyclic amines) is 1. The van der Waals surface area contributed by atoms with Crippen molar-refractivity contribution < 1.29 is 0 Å². The largest absolute Gasteiger partial charge is 0.316 e. The molecule has 2 aliphatic rings. The topological polar surface area (TPSA) is 15.3 Å². The summed E-state index contributed by atoms with van der Waals surface area (Å²) in [6.07, 6.45) is 5.98. The number of likely N-dealkylation sites (N-methyl/N-ethyl adjacent to an activating group) is 1. The van der Waals surface area contributed by atoms with Crippen LogP contribution < -0.4 is 5.32 Å². The molecule has 2 nitrogen and oxygen atoms in total. The van der Waals surface area contributed by atoms with Crippen LogP contribution in [0.25, 0.3) is 0 Å². The van der Waals surface area contributed by atoms with E-state index in [1.807, 2.05) is 0 Å². The van der Waals surface area contributed by atoms with Gasteiger partial charge in [0.2, 0.25) is 0 Å². The second-order valence-electron chi connectivity index (χ2n) is 5.31. The van der Waals surface area contributed by atoms with Gasteiger partial charge in [-0.2, -0.15) is 0 Å². The Kier molecular flexibility index (Phi) is 3.45. The van der Waals surface area contributed by atoms with Crippen molar-refractivity contribution in [2.45, 2.75) is 38.6 Å². The van der Waals surface area contributed by atoms with Gasteiger partial charge in [0.05, 0.1) is 0 Å². The van der Waals surface area contributed by atoms with E-state index in [9.17, 15) is 0 Å². The fourth-order valence-corrected chi connectivity index (χ4v) is 3.17. The molecule has 2 rings (SSSR count). The first-order chi connectivity index (χ1) is 6.78. The highest BCUT2D eigenvalue weighted by Gasteiger charge is 2.30. The van der Waals surface area contributed by atoms with E-state index in [4.69, 9.17) is 0 Å². The van der Waals surface area contributed by atoms with Crippen LogP contribution in [-0.2, 0) is 0 Å². The zero-order valence-electron chi connectivity index (χ0n) is 9.63. The maximum absolute atomic E-state index is 3.34. The van der Waals surface area contributed by atoms with Crippen molar-refractivity contribution in [3.8, 4) is 0 Å². The third-order valence-electron chi connectivity index (χ3n) is 3.95. The average molecular weight is 196 g/mol. The van der Waals surface area contributed by atoms with E-state index in [1.54, 1.807) is 0 Å². The minimum atomic E-state index is 0.647. The van der Waals surface area contributed by atoms with E-state index in [0.29, 0.717) is 6.04 Å². The summed E-state index contributed by atoms with van der Waals surface area (Å²) in [5.74, 6) is 2.04. The Labute approximate surface area is 88.1 Å². The van der Waals surface area contributed by atoms with Crippen molar-refractivity contribution in [3.63, 3.8) is 0 Å². The first kappa shape index (κ1) is 10.4. The van der Waals surface area contributed by atoms with E-state index < -0.39 is 0 Å². The molecule has 0 radical (unpaired) electrons. The highest BCUT2D eigenvalue weighted by Crippen LogP contribution is 2.34. The molecule has 2 unspecified atom stereocenters. The Bertz CT molecular complexity index is 166. The summed E-state index contributed by atoms with van der Waals surface area (Å²) >= 11 is 0. The maximum atomic E-state index is 3.34. The fourth-order valence-electron chi connectivity index (χ4n) is 3.17. The van der Waals surface area contributed by atoms with Crippen molar-refractivity contribution >= 4 is 0 Å².